The number of rotatable bonds is 7. The Balaban J connectivity index is 1.71. The Morgan fingerprint density at radius 1 is 1.25 bits per heavy atom. The van der Waals surface area contributed by atoms with Crippen LogP contribution in [0.4, 0.5) is 0 Å². The summed E-state index contributed by atoms with van der Waals surface area (Å²) in [6.45, 7) is 2.45. The summed E-state index contributed by atoms with van der Waals surface area (Å²) in [6.07, 6.45) is 3.74. The molecule has 0 bridgehead atoms. The highest BCUT2D eigenvalue weighted by Gasteiger charge is 2.21. The quantitative estimate of drug-likeness (QED) is 0.763. The van der Waals surface area contributed by atoms with E-state index in [9.17, 15) is 0 Å². The fraction of sp³-hybridized carbons (Fsp3) is 0.571. The fourth-order valence-electron chi connectivity index (χ4n) is 1.84. The van der Waals surface area contributed by atoms with Crippen LogP contribution in [0.15, 0.2) is 30.3 Å². The molecule has 0 amide bonds. The summed E-state index contributed by atoms with van der Waals surface area (Å²) >= 11 is 0. The summed E-state index contributed by atoms with van der Waals surface area (Å²) in [4.78, 5) is 0. The Morgan fingerprint density at radius 3 is 2.62 bits per heavy atom. The maximum Gasteiger partial charge on any atom is 0.0509 e. The SMILES string of the molecule is NCC(COCC1CC1)Cc1ccccc1. The van der Waals surface area contributed by atoms with Crippen LogP contribution in [0.1, 0.15) is 18.4 Å². The van der Waals surface area contributed by atoms with Crippen molar-refractivity contribution in [1.29, 1.82) is 0 Å². The van der Waals surface area contributed by atoms with Crippen molar-refractivity contribution in [2.75, 3.05) is 19.8 Å². The molecule has 1 unspecified atom stereocenters. The van der Waals surface area contributed by atoms with E-state index >= 15 is 0 Å². The molecule has 1 aliphatic rings. The van der Waals surface area contributed by atoms with E-state index in [-0.39, 0.29) is 0 Å². The van der Waals surface area contributed by atoms with Gasteiger partial charge >= 0.3 is 0 Å². The topological polar surface area (TPSA) is 35.2 Å². The van der Waals surface area contributed by atoms with Crippen LogP contribution in [0.5, 0.6) is 0 Å². The number of hydrogen-bond acceptors (Lipinski definition) is 2. The molecular weight excluding hydrogens is 198 g/mol. The van der Waals surface area contributed by atoms with E-state index in [1.165, 1.54) is 18.4 Å². The number of nitrogens with two attached hydrogens (primary N) is 1. The third-order valence-corrected chi connectivity index (χ3v) is 3.10. The van der Waals surface area contributed by atoms with Gasteiger partial charge in [-0.15, -0.1) is 0 Å². The molecule has 1 aliphatic carbocycles. The zero-order valence-electron chi connectivity index (χ0n) is 9.77. The van der Waals surface area contributed by atoms with Gasteiger partial charge in [0.05, 0.1) is 6.61 Å². The summed E-state index contributed by atoms with van der Waals surface area (Å²) in [6, 6.07) is 10.5. The minimum Gasteiger partial charge on any atom is -0.381 e. The van der Waals surface area contributed by atoms with Crippen molar-refractivity contribution in [3.05, 3.63) is 35.9 Å². The lowest BCUT2D eigenvalue weighted by Crippen LogP contribution is -2.22. The molecule has 0 aromatic heterocycles. The third-order valence-electron chi connectivity index (χ3n) is 3.10. The van der Waals surface area contributed by atoms with Crippen LogP contribution in [0.2, 0.25) is 0 Å². The second kappa shape index (κ2) is 6.02. The first-order chi connectivity index (χ1) is 7.88. The Bertz CT molecular complexity index is 295. The van der Waals surface area contributed by atoms with Crippen molar-refractivity contribution in [3.63, 3.8) is 0 Å². The largest absolute Gasteiger partial charge is 0.381 e. The van der Waals surface area contributed by atoms with Gasteiger partial charge in [0, 0.05) is 6.61 Å². The molecule has 2 rings (SSSR count). The van der Waals surface area contributed by atoms with Crippen molar-refractivity contribution >= 4 is 0 Å². The molecule has 2 heteroatoms. The molecule has 0 heterocycles. The van der Waals surface area contributed by atoms with Crippen LogP contribution in [0.25, 0.3) is 0 Å². The maximum absolute atomic E-state index is 5.77. The predicted octanol–water partition coefficient (Wildman–Crippen LogP) is 2.23. The lowest BCUT2D eigenvalue weighted by atomic mass is 10.0. The van der Waals surface area contributed by atoms with Crippen LogP contribution in [-0.4, -0.2) is 19.8 Å². The number of ether oxygens (including phenoxy) is 1. The Kier molecular flexibility index (Phi) is 4.37. The van der Waals surface area contributed by atoms with Gasteiger partial charge in [0.25, 0.3) is 0 Å². The highest BCUT2D eigenvalue weighted by Crippen LogP contribution is 2.28. The van der Waals surface area contributed by atoms with E-state index in [0.717, 1.165) is 25.6 Å². The Morgan fingerprint density at radius 2 is 2.00 bits per heavy atom. The number of hydrogen-bond donors (Lipinski definition) is 1. The third kappa shape index (κ3) is 3.95. The molecule has 1 fully saturated rings. The van der Waals surface area contributed by atoms with Crippen molar-refractivity contribution in [3.8, 4) is 0 Å². The van der Waals surface area contributed by atoms with Crippen LogP contribution in [-0.2, 0) is 11.2 Å². The predicted molar refractivity (Wildman–Crippen MR) is 66.2 cm³/mol. The monoisotopic (exact) mass is 219 g/mol. The molecule has 1 atom stereocenters. The minimum absolute atomic E-state index is 0.459. The summed E-state index contributed by atoms with van der Waals surface area (Å²) in [5, 5.41) is 0. The average Bonchev–Trinajstić information content (AvgIpc) is 3.13. The van der Waals surface area contributed by atoms with E-state index in [1.807, 2.05) is 6.07 Å². The van der Waals surface area contributed by atoms with E-state index in [4.69, 9.17) is 10.5 Å². The first-order valence-corrected chi connectivity index (χ1v) is 6.20. The van der Waals surface area contributed by atoms with Gasteiger partial charge in [-0.25, -0.2) is 0 Å². The normalized spacial score (nSPS) is 17.3. The van der Waals surface area contributed by atoms with E-state index < -0.39 is 0 Å². The summed E-state index contributed by atoms with van der Waals surface area (Å²) in [5.74, 6) is 1.30. The van der Waals surface area contributed by atoms with Gasteiger partial charge in [0.2, 0.25) is 0 Å². The first kappa shape index (κ1) is 11.6. The van der Waals surface area contributed by atoms with Crippen LogP contribution in [0.3, 0.4) is 0 Å². The van der Waals surface area contributed by atoms with E-state index in [1.54, 1.807) is 0 Å². The second-order valence-electron chi connectivity index (χ2n) is 4.77. The molecule has 0 spiro atoms. The molecule has 0 radical (unpaired) electrons. The zero-order valence-corrected chi connectivity index (χ0v) is 9.77. The lowest BCUT2D eigenvalue weighted by Gasteiger charge is -2.15. The molecule has 1 aromatic carbocycles. The Labute approximate surface area is 97.8 Å². The molecule has 88 valence electrons. The molecular formula is C14H21NO. The molecule has 16 heavy (non-hydrogen) atoms. The molecule has 2 nitrogen and oxygen atoms in total. The van der Waals surface area contributed by atoms with Crippen molar-refractivity contribution < 1.29 is 4.74 Å². The molecule has 1 aromatic rings. The zero-order chi connectivity index (χ0) is 11.2. The summed E-state index contributed by atoms with van der Waals surface area (Å²) < 4.78 is 5.70. The molecule has 0 saturated heterocycles. The highest BCUT2D eigenvalue weighted by molar-refractivity contribution is 5.15. The first-order valence-electron chi connectivity index (χ1n) is 6.20. The van der Waals surface area contributed by atoms with Crippen molar-refractivity contribution in [1.82, 2.24) is 0 Å². The van der Waals surface area contributed by atoms with Crippen molar-refractivity contribution in [2.24, 2.45) is 17.6 Å². The highest BCUT2D eigenvalue weighted by atomic mass is 16.5. The van der Waals surface area contributed by atoms with Gasteiger partial charge in [0.1, 0.15) is 0 Å². The van der Waals surface area contributed by atoms with Gasteiger partial charge in [-0.3, -0.25) is 0 Å². The fourth-order valence-corrected chi connectivity index (χ4v) is 1.84. The standard InChI is InChI=1S/C14H21NO/c15-9-14(11-16-10-13-6-7-13)8-12-4-2-1-3-5-12/h1-5,13-14H,6-11,15H2. The van der Waals surface area contributed by atoms with Gasteiger partial charge in [-0.2, -0.15) is 0 Å². The second-order valence-corrected chi connectivity index (χ2v) is 4.77. The van der Waals surface area contributed by atoms with Crippen LogP contribution < -0.4 is 5.73 Å². The Hall–Kier alpha value is -0.860. The average molecular weight is 219 g/mol. The minimum atomic E-state index is 0.459. The summed E-state index contributed by atoms with van der Waals surface area (Å²) in [5.41, 5.74) is 7.13. The molecule has 0 aliphatic heterocycles. The lowest BCUT2D eigenvalue weighted by molar-refractivity contribution is 0.0934. The van der Waals surface area contributed by atoms with Crippen molar-refractivity contribution in [2.45, 2.75) is 19.3 Å². The molecule has 1 saturated carbocycles. The van der Waals surface area contributed by atoms with Gasteiger partial charge < -0.3 is 10.5 Å². The van der Waals surface area contributed by atoms with E-state index in [0.29, 0.717) is 12.5 Å². The van der Waals surface area contributed by atoms with Crippen LogP contribution in [0, 0.1) is 11.8 Å². The van der Waals surface area contributed by atoms with Crippen LogP contribution >= 0.6 is 0 Å². The molecule has 2 N–H and O–H groups in total. The van der Waals surface area contributed by atoms with Gasteiger partial charge in [-0.05, 0) is 43.2 Å². The summed E-state index contributed by atoms with van der Waals surface area (Å²) in [7, 11) is 0. The van der Waals surface area contributed by atoms with E-state index in [2.05, 4.69) is 24.3 Å². The smallest absolute Gasteiger partial charge is 0.0509 e. The maximum atomic E-state index is 5.77. The van der Waals surface area contributed by atoms with Gasteiger partial charge in [0.15, 0.2) is 0 Å². The number of benzene rings is 1. The van der Waals surface area contributed by atoms with Gasteiger partial charge in [-0.1, -0.05) is 30.3 Å².